The maximum atomic E-state index is 13.1. The average molecular weight is 428 g/mol. The average Bonchev–Trinajstić information content (AvgIpc) is 2.56. The van der Waals surface area contributed by atoms with E-state index in [1.54, 1.807) is 20.8 Å². The van der Waals surface area contributed by atoms with E-state index in [1.807, 2.05) is 0 Å². The van der Waals surface area contributed by atoms with Crippen LogP contribution in [0.25, 0.3) is 0 Å². The predicted molar refractivity (Wildman–Crippen MR) is 104 cm³/mol. The Morgan fingerprint density at radius 2 is 2.03 bits per heavy atom. The number of rotatable bonds is 3. The standard InChI is InChI=1S/C19H23BClF2N2O4/c1-9-11-7-13(26)15(10-5-6-14(24-16(10)21)28-17(22)23)25(8-12(9)20-11)18(27)29-19(2,3)4/h5-6,9,11-12,15,17H,7-8H2,1-4H3. The molecule has 3 aliphatic heterocycles. The zero-order valence-corrected chi connectivity index (χ0v) is 17.5. The number of alkyl halides is 2. The Labute approximate surface area is 174 Å². The van der Waals surface area contributed by atoms with Crippen molar-refractivity contribution in [2.75, 3.05) is 6.54 Å². The second-order valence-corrected chi connectivity index (χ2v) is 8.85. The molecule has 1 amide bonds. The van der Waals surface area contributed by atoms with Crippen molar-refractivity contribution in [3.8, 4) is 5.88 Å². The highest BCUT2D eigenvalue weighted by Gasteiger charge is 2.48. The Balaban J connectivity index is 1.97. The lowest BCUT2D eigenvalue weighted by Gasteiger charge is -2.48. The molecule has 157 valence electrons. The SMILES string of the molecule is CC1C2[B]C1CN(C(=O)OC(C)(C)C)C(c1ccc(OC(F)F)nc1Cl)C(=O)C2. The second kappa shape index (κ2) is 8.09. The van der Waals surface area contributed by atoms with Gasteiger partial charge in [0.05, 0.1) is 0 Å². The quantitative estimate of drug-likeness (QED) is 0.524. The summed E-state index contributed by atoms with van der Waals surface area (Å²) in [6.45, 7) is 4.53. The van der Waals surface area contributed by atoms with E-state index in [0.29, 0.717) is 6.54 Å². The summed E-state index contributed by atoms with van der Waals surface area (Å²) in [5.41, 5.74) is -0.486. The number of fused-ring (bicyclic) bond motifs is 4. The number of Topliss-reactive ketones (excluding diaryl/α,β-unsaturated/α-hetero) is 1. The molecular weight excluding hydrogens is 404 g/mol. The Morgan fingerprint density at radius 1 is 1.34 bits per heavy atom. The van der Waals surface area contributed by atoms with Crippen LogP contribution in [0.4, 0.5) is 13.6 Å². The van der Waals surface area contributed by atoms with Gasteiger partial charge in [0.1, 0.15) is 24.1 Å². The van der Waals surface area contributed by atoms with Crippen LogP contribution in [0.2, 0.25) is 16.8 Å². The smallest absolute Gasteiger partial charge is 0.411 e. The minimum absolute atomic E-state index is 0.135. The van der Waals surface area contributed by atoms with Crippen molar-refractivity contribution in [1.29, 1.82) is 0 Å². The van der Waals surface area contributed by atoms with Gasteiger partial charge in [-0.15, -0.1) is 0 Å². The molecule has 1 aromatic rings. The van der Waals surface area contributed by atoms with E-state index in [9.17, 15) is 18.4 Å². The fourth-order valence-electron chi connectivity index (χ4n) is 3.80. The molecule has 2 bridgehead atoms. The van der Waals surface area contributed by atoms with E-state index in [2.05, 4.69) is 23.9 Å². The monoisotopic (exact) mass is 427 g/mol. The molecule has 4 heterocycles. The maximum absolute atomic E-state index is 13.1. The minimum Gasteiger partial charge on any atom is -0.444 e. The highest BCUT2D eigenvalue weighted by molar-refractivity contribution is 6.45. The lowest BCUT2D eigenvalue weighted by Crippen LogP contribution is -2.52. The third-order valence-electron chi connectivity index (χ3n) is 5.29. The summed E-state index contributed by atoms with van der Waals surface area (Å²) >= 11 is 6.21. The molecule has 0 saturated carbocycles. The Hall–Kier alpha value is -1.90. The molecule has 4 atom stereocenters. The van der Waals surface area contributed by atoms with Gasteiger partial charge in [0.25, 0.3) is 0 Å². The molecule has 3 saturated heterocycles. The molecule has 4 unspecified atom stereocenters. The Kier molecular flexibility index (Phi) is 6.08. The van der Waals surface area contributed by atoms with Crippen LogP contribution in [0, 0.1) is 5.92 Å². The van der Waals surface area contributed by atoms with Gasteiger partial charge in [0.15, 0.2) is 5.78 Å². The number of amides is 1. The topological polar surface area (TPSA) is 68.7 Å². The maximum Gasteiger partial charge on any atom is 0.411 e. The van der Waals surface area contributed by atoms with E-state index in [0.717, 1.165) is 0 Å². The van der Waals surface area contributed by atoms with E-state index < -0.39 is 24.3 Å². The number of halogens is 3. The van der Waals surface area contributed by atoms with Crippen molar-refractivity contribution in [2.24, 2.45) is 5.92 Å². The lowest BCUT2D eigenvalue weighted by atomic mass is 9.34. The zero-order valence-electron chi connectivity index (χ0n) is 16.7. The van der Waals surface area contributed by atoms with Gasteiger partial charge < -0.3 is 9.47 Å². The lowest BCUT2D eigenvalue weighted by molar-refractivity contribution is -0.126. The number of pyridine rings is 1. The summed E-state index contributed by atoms with van der Waals surface area (Å²) in [4.78, 5) is 31.3. The van der Waals surface area contributed by atoms with Crippen LogP contribution in [0.3, 0.4) is 0 Å². The molecule has 3 aliphatic rings. The van der Waals surface area contributed by atoms with Crippen LogP contribution in [-0.4, -0.2) is 47.8 Å². The first kappa shape index (κ1) is 21.8. The first-order chi connectivity index (χ1) is 13.5. The normalized spacial score (nSPS) is 26.9. The van der Waals surface area contributed by atoms with Crippen LogP contribution >= 0.6 is 11.6 Å². The van der Waals surface area contributed by atoms with Gasteiger partial charge in [0, 0.05) is 24.6 Å². The molecule has 0 aromatic carbocycles. The summed E-state index contributed by atoms with van der Waals surface area (Å²) in [6.07, 6.45) is -0.376. The van der Waals surface area contributed by atoms with Gasteiger partial charge in [-0.1, -0.05) is 30.3 Å². The van der Waals surface area contributed by atoms with E-state index in [1.165, 1.54) is 17.0 Å². The summed E-state index contributed by atoms with van der Waals surface area (Å²) in [7, 11) is 2.09. The number of nitrogens with zero attached hydrogens (tertiary/aromatic N) is 2. The van der Waals surface area contributed by atoms with E-state index >= 15 is 0 Å². The molecule has 1 aromatic heterocycles. The Bertz CT molecular complexity index is 805. The molecule has 0 aliphatic carbocycles. The molecular formula is C19H23BClF2N2O4. The first-order valence-electron chi connectivity index (χ1n) is 9.45. The number of carbonyl (C=O) groups excluding carboxylic acids is 2. The third kappa shape index (κ3) is 4.82. The molecule has 4 rings (SSSR count). The number of hydrogen-bond donors (Lipinski definition) is 0. The second-order valence-electron chi connectivity index (χ2n) is 8.49. The van der Waals surface area contributed by atoms with Crippen LogP contribution in [0.1, 0.15) is 45.7 Å². The zero-order chi connectivity index (χ0) is 21.5. The van der Waals surface area contributed by atoms with Crippen molar-refractivity contribution >= 4 is 30.8 Å². The van der Waals surface area contributed by atoms with Crippen molar-refractivity contribution in [3.05, 3.63) is 22.8 Å². The van der Waals surface area contributed by atoms with Gasteiger partial charge in [-0.05, 0) is 32.7 Å². The van der Waals surface area contributed by atoms with E-state index in [4.69, 9.17) is 16.3 Å². The van der Waals surface area contributed by atoms with Crippen LogP contribution in [0.5, 0.6) is 5.88 Å². The predicted octanol–water partition coefficient (Wildman–Crippen LogP) is 4.52. The number of hydrogen-bond acceptors (Lipinski definition) is 5. The van der Waals surface area contributed by atoms with Crippen molar-refractivity contribution in [3.63, 3.8) is 0 Å². The summed E-state index contributed by atoms with van der Waals surface area (Å²) in [5.74, 6) is -0.00509. The largest absolute Gasteiger partial charge is 0.444 e. The number of ketones is 1. The molecule has 10 heteroatoms. The molecule has 3 fully saturated rings. The van der Waals surface area contributed by atoms with Gasteiger partial charge in [-0.25, -0.2) is 9.78 Å². The summed E-state index contributed by atoms with van der Waals surface area (Å²) < 4.78 is 34.7. The Morgan fingerprint density at radius 3 is 2.59 bits per heavy atom. The first-order valence-corrected chi connectivity index (χ1v) is 9.82. The van der Waals surface area contributed by atoms with Crippen LogP contribution in [-0.2, 0) is 9.53 Å². The number of ether oxygens (including phenoxy) is 2. The fraction of sp³-hybridized carbons (Fsp3) is 0.632. The molecule has 6 nitrogen and oxygen atoms in total. The highest BCUT2D eigenvalue weighted by atomic mass is 35.5. The summed E-state index contributed by atoms with van der Waals surface area (Å²) in [5, 5.41) is -0.165. The van der Waals surface area contributed by atoms with Crippen molar-refractivity contribution < 1.29 is 27.8 Å². The van der Waals surface area contributed by atoms with Gasteiger partial charge in [-0.2, -0.15) is 8.78 Å². The molecule has 0 spiro atoms. The van der Waals surface area contributed by atoms with Crippen LogP contribution < -0.4 is 4.74 Å². The van der Waals surface area contributed by atoms with Crippen LogP contribution in [0.15, 0.2) is 12.1 Å². The number of aromatic nitrogens is 1. The van der Waals surface area contributed by atoms with Crippen molar-refractivity contribution in [1.82, 2.24) is 9.88 Å². The van der Waals surface area contributed by atoms with Crippen molar-refractivity contribution in [2.45, 2.75) is 64.0 Å². The molecule has 1 radical (unpaired) electrons. The molecule has 29 heavy (non-hydrogen) atoms. The van der Waals surface area contributed by atoms with Gasteiger partial charge >= 0.3 is 12.7 Å². The van der Waals surface area contributed by atoms with Gasteiger partial charge in [0.2, 0.25) is 5.88 Å². The third-order valence-corrected chi connectivity index (χ3v) is 5.59. The number of carbonyl (C=O) groups is 2. The van der Waals surface area contributed by atoms with Gasteiger partial charge in [-0.3, -0.25) is 9.69 Å². The highest BCUT2D eigenvalue weighted by Crippen LogP contribution is 2.49. The summed E-state index contributed by atoms with van der Waals surface area (Å²) in [6, 6.07) is 1.60. The minimum atomic E-state index is -3.05. The molecule has 0 N–H and O–H groups in total. The fourth-order valence-corrected chi connectivity index (χ4v) is 4.05. The van der Waals surface area contributed by atoms with E-state index in [-0.39, 0.29) is 46.4 Å².